The zero-order valence-electron chi connectivity index (χ0n) is 11.9. The molecule has 0 aliphatic heterocycles. The van der Waals surface area contributed by atoms with Gasteiger partial charge in [0.05, 0.1) is 5.56 Å². The lowest BCUT2D eigenvalue weighted by Gasteiger charge is -2.35. The fourth-order valence-corrected chi connectivity index (χ4v) is 1.84. The average molecular weight is 249 g/mol. The number of nitrogens with zero attached hydrogens (tertiary/aromatic N) is 1. The van der Waals surface area contributed by atoms with Gasteiger partial charge in [-0.25, -0.2) is 4.79 Å². The minimum absolute atomic E-state index is 0.232. The molecular weight excluding hydrogens is 226 g/mol. The summed E-state index contributed by atoms with van der Waals surface area (Å²) in [5.74, 6) is -0.877. The van der Waals surface area contributed by atoms with E-state index in [9.17, 15) is 4.79 Å². The number of hydrogen-bond acceptors (Lipinski definition) is 2. The van der Waals surface area contributed by atoms with Crippen LogP contribution in [-0.2, 0) is 6.54 Å². The largest absolute Gasteiger partial charge is 0.478 e. The highest BCUT2D eigenvalue weighted by Crippen LogP contribution is 2.24. The molecule has 0 aliphatic carbocycles. The fraction of sp³-hybridized carbons (Fsp3) is 0.533. The van der Waals surface area contributed by atoms with Crippen LogP contribution in [0.2, 0.25) is 0 Å². The molecule has 0 fully saturated rings. The van der Waals surface area contributed by atoms with E-state index in [1.54, 1.807) is 12.1 Å². The molecule has 0 spiro atoms. The lowest BCUT2D eigenvalue weighted by molar-refractivity contribution is 0.0697. The van der Waals surface area contributed by atoms with Crippen molar-refractivity contribution in [2.24, 2.45) is 5.41 Å². The van der Waals surface area contributed by atoms with Gasteiger partial charge < -0.3 is 5.11 Å². The Bertz CT molecular complexity index is 403. The smallest absolute Gasteiger partial charge is 0.335 e. The van der Waals surface area contributed by atoms with Gasteiger partial charge in [0.1, 0.15) is 0 Å². The molecule has 0 saturated carbocycles. The third kappa shape index (κ3) is 3.84. The van der Waals surface area contributed by atoms with Crippen LogP contribution in [0.15, 0.2) is 24.3 Å². The Morgan fingerprint density at radius 2 is 1.78 bits per heavy atom. The van der Waals surface area contributed by atoms with Gasteiger partial charge in [0.2, 0.25) is 0 Å². The Morgan fingerprint density at radius 3 is 2.17 bits per heavy atom. The number of carbonyl (C=O) groups is 1. The van der Waals surface area contributed by atoms with E-state index < -0.39 is 5.97 Å². The monoisotopic (exact) mass is 249 g/mol. The van der Waals surface area contributed by atoms with Crippen molar-refractivity contribution in [1.82, 2.24) is 4.90 Å². The maximum atomic E-state index is 10.8. The van der Waals surface area contributed by atoms with Crippen molar-refractivity contribution in [3.63, 3.8) is 0 Å². The Hall–Kier alpha value is -1.35. The molecule has 1 aromatic carbocycles. The number of aromatic carboxylic acids is 1. The first-order chi connectivity index (χ1) is 8.21. The van der Waals surface area contributed by atoms with E-state index in [2.05, 4.69) is 39.6 Å². The van der Waals surface area contributed by atoms with Crippen molar-refractivity contribution in [3.05, 3.63) is 35.4 Å². The summed E-state index contributed by atoms with van der Waals surface area (Å²) in [6, 6.07) is 7.54. The molecule has 0 aromatic heterocycles. The first-order valence-corrected chi connectivity index (χ1v) is 6.24. The Morgan fingerprint density at radius 1 is 1.28 bits per heavy atom. The van der Waals surface area contributed by atoms with Gasteiger partial charge in [-0.05, 0) is 37.1 Å². The van der Waals surface area contributed by atoms with Crippen molar-refractivity contribution in [2.45, 2.75) is 40.3 Å². The van der Waals surface area contributed by atoms with Crippen LogP contribution in [0, 0.1) is 5.41 Å². The first-order valence-electron chi connectivity index (χ1n) is 6.24. The van der Waals surface area contributed by atoms with Crippen molar-refractivity contribution < 1.29 is 9.90 Å². The van der Waals surface area contributed by atoms with E-state index in [4.69, 9.17) is 5.11 Å². The van der Waals surface area contributed by atoms with Crippen LogP contribution in [0.3, 0.4) is 0 Å². The highest BCUT2D eigenvalue weighted by atomic mass is 16.4. The highest BCUT2D eigenvalue weighted by Gasteiger charge is 2.23. The van der Waals surface area contributed by atoms with E-state index in [1.807, 2.05) is 12.1 Å². The van der Waals surface area contributed by atoms with Crippen LogP contribution in [0.25, 0.3) is 0 Å². The van der Waals surface area contributed by atoms with Gasteiger partial charge in [0, 0.05) is 12.6 Å². The molecule has 0 heterocycles. The maximum Gasteiger partial charge on any atom is 0.335 e. The lowest BCUT2D eigenvalue weighted by atomic mass is 9.87. The van der Waals surface area contributed by atoms with Gasteiger partial charge in [-0.2, -0.15) is 0 Å². The Balaban J connectivity index is 2.70. The number of carboxylic acids is 1. The van der Waals surface area contributed by atoms with Crippen molar-refractivity contribution in [2.75, 3.05) is 7.05 Å². The Kier molecular flexibility index (Phi) is 4.52. The molecule has 3 nitrogen and oxygen atoms in total. The van der Waals surface area contributed by atoms with Gasteiger partial charge in [-0.15, -0.1) is 0 Å². The number of hydrogen-bond donors (Lipinski definition) is 1. The van der Waals surface area contributed by atoms with Crippen molar-refractivity contribution in [3.8, 4) is 0 Å². The van der Waals surface area contributed by atoms with Gasteiger partial charge in [-0.1, -0.05) is 32.9 Å². The average Bonchev–Trinajstić information content (AvgIpc) is 2.27. The van der Waals surface area contributed by atoms with Gasteiger partial charge in [0.25, 0.3) is 0 Å². The van der Waals surface area contributed by atoms with E-state index in [0.29, 0.717) is 11.6 Å². The summed E-state index contributed by atoms with van der Waals surface area (Å²) in [6.07, 6.45) is 0. The second-order valence-electron chi connectivity index (χ2n) is 5.96. The second kappa shape index (κ2) is 5.53. The molecule has 1 atom stereocenters. The molecule has 1 aromatic rings. The molecule has 0 radical (unpaired) electrons. The van der Waals surface area contributed by atoms with E-state index in [-0.39, 0.29) is 5.41 Å². The van der Waals surface area contributed by atoms with Crippen LogP contribution in [-0.4, -0.2) is 29.1 Å². The number of benzene rings is 1. The van der Waals surface area contributed by atoms with Gasteiger partial charge in [0.15, 0.2) is 0 Å². The number of carboxylic acid groups (broad SMARTS) is 1. The van der Waals surface area contributed by atoms with Crippen LogP contribution in [0.5, 0.6) is 0 Å². The van der Waals surface area contributed by atoms with Crippen molar-refractivity contribution in [1.29, 1.82) is 0 Å². The summed E-state index contributed by atoms with van der Waals surface area (Å²) in [7, 11) is 2.10. The van der Waals surface area contributed by atoms with Crippen molar-refractivity contribution >= 4 is 5.97 Å². The summed E-state index contributed by atoms with van der Waals surface area (Å²) in [5, 5.41) is 8.84. The minimum Gasteiger partial charge on any atom is -0.478 e. The summed E-state index contributed by atoms with van der Waals surface area (Å²) in [4.78, 5) is 13.1. The zero-order valence-corrected chi connectivity index (χ0v) is 11.9. The lowest BCUT2D eigenvalue weighted by Crippen LogP contribution is -2.38. The van der Waals surface area contributed by atoms with E-state index >= 15 is 0 Å². The fourth-order valence-electron chi connectivity index (χ4n) is 1.84. The standard InChI is InChI=1S/C15H23NO2/c1-11(15(2,3)4)16(5)10-12-6-8-13(9-7-12)14(17)18/h6-9,11H,10H2,1-5H3,(H,17,18). The maximum absolute atomic E-state index is 10.8. The van der Waals surface area contributed by atoms with Crippen LogP contribution in [0.4, 0.5) is 0 Å². The Labute approximate surface area is 109 Å². The summed E-state index contributed by atoms with van der Waals surface area (Å²) in [5.41, 5.74) is 1.71. The van der Waals surface area contributed by atoms with Gasteiger partial charge in [-0.3, -0.25) is 4.90 Å². The quantitative estimate of drug-likeness (QED) is 0.890. The molecule has 1 rings (SSSR count). The highest BCUT2D eigenvalue weighted by molar-refractivity contribution is 5.87. The SMILES string of the molecule is CC(N(C)Cc1ccc(C(=O)O)cc1)C(C)(C)C. The second-order valence-corrected chi connectivity index (χ2v) is 5.96. The molecule has 0 aliphatic rings. The van der Waals surface area contributed by atoms with Crippen LogP contribution >= 0.6 is 0 Å². The summed E-state index contributed by atoms with van der Waals surface area (Å²) < 4.78 is 0. The van der Waals surface area contributed by atoms with E-state index in [0.717, 1.165) is 12.1 Å². The molecule has 1 N–H and O–H groups in total. The van der Waals surface area contributed by atoms with Gasteiger partial charge >= 0.3 is 5.97 Å². The van der Waals surface area contributed by atoms with Crippen LogP contribution < -0.4 is 0 Å². The molecule has 3 heteroatoms. The predicted molar refractivity (Wildman–Crippen MR) is 73.8 cm³/mol. The number of rotatable bonds is 4. The topological polar surface area (TPSA) is 40.5 Å². The first kappa shape index (κ1) is 14.7. The third-order valence-corrected chi connectivity index (χ3v) is 3.55. The molecule has 0 amide bonds. The van der Waals surface area contributed by atoms with Crippen LogP contribution in [0.1, 0.15) is 43.6 Å². The molecule has 18 heavy (non-hydrogen) atoms. The molecule has 100 valence electrons. The molecule has 0 saturated heterocycles. The normalized spacial score (nSPS) is 13.7. The summed E-state index contributed by atoms with van der Waals surface area (Å²) >= 11 is 0. The van der Waals surface area contributed by atoms with E-state index in [1.165, 1.54) is 0 Å². The molecule has 0 bridgehead atoms. The molecule has 1 unspecified atom stereocenters. The summed E-state index contributed by atoms with van der Waals surface area (Å²) in [6.45, 7) is 9.72. The predicted octanol–water partition coefficient (Wildman–Crippen LogP) is 3.25. The minimum atomic E-state index is -0.877. The molecular formula is C15H23NO2. The third-order valence-electron chi connectivity index (χ3n) is 3.55. The zero-order chi connectivity index (χ0) is 13.9.